The Kier molecular flexibility index (Phi) is 6.62. The summed E-state index contributed by atoms with van der Waals surface area (Å²) < 4.78 is 5.43. The molecule has 7 nitrogen and oxygen atoms in total. The van der Waals surface area contributed by atoms with Crippen LogP contribution in [0.4, 0.5) is 5.82 Å². The van der Waals surface area contributed by atoms with E-state index in [2.05, 4.69) is 24.1 Å². The molecule has 1 fully saturated rings. The molecular weight excluding hydrogens is 362 g/mol. The molecule has 1 N–H and O–H groups in total. The zero-order valence-electron chi connectivity index (χ0n) is 16.7. The molecule has 0 bridgehead atoms. The number of aryl methyl sites for hydroxylation is 2. The van der Waals surface area contributed by atoms with Gasteiger partial charge in [-0.05, 0) is 25.8 Å². The third kappa shape index (κ3) is 4.75. The zero-order chi connectivity index (χ0) is 19.4. The molecule has 8 heteroatoms. The van der Waals surface area contributed by atoms with E-state index in [0.717, 1.165) is 54.6 Å². The van der Waals surface area contributed by atoms with Crippen molar-refractivity contribution in [3.63, 3.8) is 0 Å². The van der Waals surface area contributed by atoms with Gasteiger partial charge in [0.15, 0.2) is 0 Å². The molecule has 0 spiro atoms. The van der Waals surface area contributed by atoms with Gasteiger partial charge in [0.25, 0.3) is 0 Å². The number of likely N-dealkylation sites (N-methyl/N-ethyl adjacent to an activating group) is 1. The van der Waals surface area contributed by atoms with Crippen LogP contribution in [0.2, 0.25) is 0 Å². The Morgan fingerprint density at radius 3 is 2.74 bits per heavy atom. The Hall–Kier alpha value is -1.77. The third-order valence-corrected chi connectivity index (χ3v) is 5.94. The maximum Gasteiger partial charge on any atom is 0.239 e. The number of nitrogens with zero attached hydrogens (tertiary/aromatic N) is 4. The number of anilines is 1. The number of carbonyl (C=O) groups is 1. The van der Waals surface area contributed by atoms with Crippen LogP contribution in [0.25, 0.3) is 10.2 Å². The van der Waals surface area contributed by atoms with Crippen molar-refractivity contribution in [3.05, 3.63) is 16.3 Å². The van der Waals surface area contributed by atoms with Crippen molar-refractivity contribution in [2.75, 3.05) is 51.3 Å². The standard InChI is InChI=1S/C19H29N5O2S/c1-5-6-20-16(25)12-23(4)18-17-13(2)14(3)27-19(17)22-15(21-18)11-24-7-9-26-10-8-24/h5-12H2,1-4H3,(H,20,25). The van der Waals surface area contributed by atoms with Crippen LogP contribution < -0.4 is 10.2 Å². The molecule has 1 saturated heterocycles. The lowest BCUT2D eigenvalue weighted by Gasteiger charge is -2.26. The average Bonchev–Trinajstić information content (AvgIpc) is 2.94. The second-order valence-corrected chi connectivity index (χ2v) is 8.22. The SMILES string of the molecule is CCCNC(=O)CN(C)c1nc(CN2CCOCC2)nc2sc(C)c(C)c12. The largest absolute Gasteiger partial charge is 0.379 e. The molecule has 148 valence electrons. The summed E-state index contributed by atoms with van der Waals surface area (Å²) in [7, 11) is 1.93. The minimum absolute atomic E-state index is 0.0189. The number of ether oxygens (including phenoxy) is 1. The Morgan fingerprint density at radius 1 is 1.30 bits per heavy atom. The first-order valence-corrected chi connectivity index (χ1v) is 10.4. The fraction of sp³-hybridized carbons (Fsp3) is 0.632. The minimum Gasteiger partial charge on any atom is -0.379 e. The molecule has 0 aliphatic carbocycles. The fourth-order valence-corrected chi connectivity index (χ4v) is 4.23. The van der Waals surface area contributed by atoms with Gasteiger partial charge in [-0.1, -0.05) is 6.92 Å². The number of amides is 1. The molecule has 0 radical (unpaired) electrons. The predicted octanol–water partition coefficient (Wildman–Crippen LogP) is 2.10. The molecule has 0 unspecified atom stereocenters. The summed E-state index contributed by atoms with van der Waals surface area (Å²) in [5.41, 5.74) is 1.20. The van der Waals surface area contributed by atoms with E-state index in [1.165, 1.54) is 10.4 Å². The van der Waals surface area contributed by atoms with Gasteiger partial charge in [-0.15, -0.1) is 11.3 Å². The summed E-state index contributed by atoms with van der Waals surface area (Å²) in [4.78, 5) is 28.4. The van der Waals surface area contributed by atoms with Gasteiger partial charge in [-0.2, -0.15) is 0 Å². The molecule has 27 heavy (non-hydrogen) atoms. The van der Waals surface area contributed by atoms with Crippen molar-refractivity contribution < 1.29 is 9.53 Å². The quantitative estimate of drug-likeness (QED) is 0.779. The molecule has 2 aromatic rings. The summed E-state index contributed by atoms with van der Waals surface area (Å²) in [6.45, 7) is 11.3. The van der Waals surface area contributed by atoms with E-state index in [-0.39, 0.29) is 12.5 Å². The van der Waals surface area contributed by atoms with E-state index in [1.54, 1.807) is 11.3 Å². The molecular formula is C19H29N5O2S. The van der Waals surface area contributed by atoms with Crippen LogP contribution in [0, 0.1) is 13.8 Å². The molecule has 1 aliphatic rings. The van der Waals surface area contributed by atoms with Gasteiger partial charge in [0, 0.05) is 31.6 Å². The van der Waals surface area contributed by atoms with Crippen molar-refractivity contribution in [1.29, 1.82) is 0 Å². The summed E-state index contributed by atoms with van der Waals surface area (Å²) >= 11 is 1.70. The van der Waals surface area contributed by atoms with Crippen LogP contribution in [0.5, 0.6) is 0 Å². The molecule has 0 saturated carbocycles. The van der Waals surface area contributed by atoms with Gasteiger partial charge in [0.2, 0.25) is 5.91 Å². The summed E-state index contributed by atoms with van der Waals surface area (Å²) in [6.07, 6.45) is 0.930. The van der Waals surface area contributed by atoms with Crippen molar-refractivity contribution in [3.8, 4) is 0 Å². The monoisotopic (exact) mass is 391 g/mol. The Bertz CT molecular complexity index is 801. The first-order valence-electron chi connectivity index (χ1n) is 9.54. The van der Waals surface area contributed by atoms with Gasteiger partial charge >= 0.3 is 0 Å². The highest BCUT2D eigenvalue weighted by molar-refractivity contribution is 7.18. The lowest BCUT2D eigenvalue weighted by atomic mass is 10.2. The first kappa shape index (κ1) is 20.0. The lowest BCUT2D eigenvalue weighted by Crippen LogP contribution is -2.37. The molecule has 2 aromatic heterocycles. The van der Waals surface area contributed by atoms with Gasteiger partial charge in [0.05, 0.1) is 31.7 Å². The Morgan fingerprint density at radius 2 is 2.04 bits per heavy atom. The van der Waals surface area contributed by atoms with Crippen molar-refractivity contribution >= 4 is 33.3 Å². The Labute approximate surface area is 164 Å². The predicted molar refractivity (Wildman–Crippen MR) is 110 cm³/mol. The minimum atomic E-state index is 0.0189. The van der Waals surface area contributed by atoms with Crippen LogP contribution in [0.15, 0.2) is 0 Å². The summed E-state index contributed by atoms with van der Waals surface area (Å²) in [5.74, 6) is 1.67. The van der Waals surface area contributed by atoms with Gasteiger partial charge < -0.3 is 15.0 Å². The number of fused-ring (bicyclic) bond motifs is 1. The smallest absolute Gasteiger partial charge is 0.239 e. The molecule has 1 amide bonds. The maximum atomic E-state index is 12.2. The zero-order valence-corrected chi connectivity index (χ0v) is 17.5. The van der Waals surface area contributed by atoms with Crippen molar-refractivity contribution in [1.82, 2.24) is 20.2 Å². The first-order chi connectivity index (χ1) is 13.0. The normalized spacial score (nSPS) is 15.3. The second kappa shape index (κ2) is 8.95. The molecule has 1 aliphatic heterocycles. The summed E-state index contributed by atoms with van der Waals surface area (Å²) in [6, 6.07) is 0. The fourth-order valence-electron chi connectivity index (χ4n) is 3.19. The Balaban J connectivity index is 1.89. The molecule has 3 rings (SSSR count). The number of rotatable bonds is 7. The van der Waals surface area contributed by atoms with E-state index < -0.39 is 0 Å². The maximum absolute atomic E-state index is 12.2. The number of nitrogens with one attached hydrogen (secondary N) is 1. The van der Waals surface area contributed by atoms with E-state index in [4.69, 9.17) is 14.7 Å². The highest BCUT2D eigenvalue weighted by atomic mass is 32.1. The average molecular weight is 392 g/mol. The highest BCUT2D eigenvalue weighted by Crippen LogP contribution is 2.34. The number of thiophene rings is 1. The molecule has 0 aromatic carbocycles. The topological polar surface area (TPSA) is 70.6 Å². The van der Waals surface area contributed by atoms with E-state index in [1.807, 2.05) is 18.9 Å². The van der Waals surface area contributed by atoms with Gasteiger partial charge in [-0.25, -0.2) is 9.97 Å². The van der Waals surface area contributed by atoms with Crippen LogP contribution in [0.1, 0.15) is 29.6 Å². The number of hydrogen-bond acceptors (Lipinski definition) is 7. The number of morpholine rings is 1. The van der Waals surface area contributed by atoms with Crippen LogP contribution in [-0.2, 0) is 16.1 Å². The molecule has 3 heterocycles. The van der Waals surface area contributed by atoms with Crippen LogP contribution >= 0.6 is 11.3 Å². The third-order valence-electron chi connectivity index (χ3n) is 4.84. The van der Waals surface area contributed by atoms with E-state index in [9.17, 15) is 4.79 Å². The van der Waals surface area contributed by atoms with Crippen molar-refractivity contribution in [2.24, 2.45) is 0 Å². The van der Waals surface area contributed by atoms with E-state index in [0.29, 0.717) is 13.1 Å². The lowest BCUT2D eigenvalue weighted by molar-refractivity contribution is -0.119. The van der Waals surface area contributed by atoms with Gasteiger partial charge in [0.1, 0.15) is 16.5 Å². The van der Waals surface area contributed by atoms with Crippen molar-refractivity contribution in [2.45, 2.75) is 33.7 Å². The van der Waals surface area contributed by atoms with E-state index >= 15 is 0 Å². The number of aromatic nitrogens is 2. The second-order valence-electron chi connectivity index (χ2n) is 7.02. The number of carbonyl (C=O) groups excluding carboxylic acids is 1. The highest BCUT2D eigenvalue weighted by Gasteiger charge is 2.20. The number of hydrogen-bond donors (Lipinski definition) is 1. The van der Waals surface area contributed by atoms with Crippen LogP contribution in [0.3, 0.4) is 0 Å². The summed E-state index contributed by atoms with van der Waals surface area (Å²) in [5, 5.41) is 4.00. The van der Waals surface area contributed by atoms with Gasteiger partial charge in [-0.3, -0.25) is 9.69 Å². The van der Waals surface area contributed by atoms with Crippen LogP contribution in [-0.4, -0.2) is 67.2 Å². The molecule has 0 atom stereocenters.